The van der Waals surface area contributed by atoms with Crippen LogP contribution in [0.5, 0.6) is 0 Å². The van der Waals surface area contributed by atoms with Gasteiger partial charge in [0, 0.05) is 42.1 Å². The molecule has 1 heterocycles. The van der Waals surface area contributed by atoms with Crippen LogP contribution in [0.2, 0.25) is 0 Å². The van der Waals surface area contributed by atoms with Crippen molar-refractivity contribution in [3.8, 4) is 0 Å². The Kier molecular flexibility index (Phi) is 5.93. The molecule has 1 amide bonds. The van der Waals surface area contributed by atoms with Gasteiger partial charge in [0.2, 0.25) is 5.91 Å². The average molecular weight is 417 g/mol. The normalized spacial score (nSPS) is 17.3. The second-order valence-electron chi connectivity index (χ2n) is 7.88. The maximum absolute atomic E-state index is 14.9. The Morgan fingerprint density at radius 3 is 2.62 bits per heavy atom. The van der Waals surface area contributed by atoms with Gasteiger partial charge in [0.25, 0.3) is 0 Å². The molecule has 0 unspecified atom stereocenters. The van der Waals surface area contributed by atoms with Crippen LogP contribution in [0.4, 0.5) is 8.78 Å². The van der Waals surface area contributed by atoms with E-state index in [9.17, 15) is 13.6 Å². The Morgan fingerprint density at radius 1 is 1.24 bits per heavy atom. The van der Waals surface area contributed by atoms with Crippen LogP contribution in [0.1, 0.15) is 49.4 Å². The lowest BCUT2D eigenvalue weighted by molar-refractivity contribution is -0.133. The van der Waals surface area contributed by atoms with Crippen molar-refractivity contribution in [2.24, 2.45) is 5.92 Å². The summed E-state index contributed by atoms with van der Waals surface area (Å²) in [7, 11) is 0. The number of halogens is 2. The van der Waals surface area contributed by atoms with Gasteiger partial charge in [0.1, 0.15) is 11.6 Å². The number of hydrogen-bond acceptors (Lipinski definition) is 3. The third-order valence-corrected chi connectivity index (χ3v) is 7.07. The van der Waals surface area contributed by atoms with E-state index in [2.05, 4.69) is 24.2 Å². The molecule has 4 rings (SSSR count). The molecule has 29 heavy (non-hydrogen) atoms. The van der Waals surface area contributed by atoms with Crippen LogP contribution in [-0.2, 0) is 17.8 Å². The highest BCUT2D eigenvalue weighted by molar-refractivity contribution is 7.97. The maximum atomic E-state index is 14.9. The van der Waals surface area contributed by atoms with Crippen LogP contribution >= 0.6 is 11.9 Å². The average Bonchev–Trinajstić information content (AvgIpc) is 3.57. The lowest BCUT2D eigenvalue weighted by Gasteiger charge is -2.31. The van der Waals surface area contributed by atoms with Gasteiger partial charge in [-0.2, -0.15) is 0 Å². The van der Waals surface area contributed by atoms with Gasteiger partial charge in [-0.15, -0.1) is 0 Å². The van der Waals surface area contributed by atoms with Crippen LogP contribution in [0.3, 0.4) is 0 Å². The summed E-state index contributed by atoms with van der Waals surface area (Å²) in [4.78, 5) is 15.0. The minimum absolute atomic E-state index is 0.0661. The van der Waals surface area contributed by atoms with E-state index in [4.69, 9.17) is 0 Å². The summed E-state index contributed by atoms with van der Waals surface area (Å²) in [5, 5.41) is 0. The third-order valence-electron chi connectivity index (χ3n) is 5.82. The molecule has 1 fully saturated rings. The molecule has 1 atom stereocenters. The molecule has 0 saturated heterocycles. The van der Waals surface area contributed by atoms with E-state index in [1.54, 1.807) is 18.2 Å². The van der Waals surface area contributed by atoms with Gasteiger partial charge in [-0.25, -0.2) is 13.1 Å². The molecule has 3 nitrogen and oxygen atoms in total. The Morgan fingerprint density at radius 2 is 1.97 bits per heavy atom. The quantitative estimate of drug-likeness (QED) is 0.593. The van der Waals surface area contributed by atoms with Gasteiger partial charge in [-0.05, 0) is 73.5 Å². The predicted octanol–water partition coefficient (Wildman–Crippen LogP) is 5.35. The number of fused-ring (bicyclic) bond motifs is 1. The van der Waals surface area contributed by atoms with E-state index >= 15 is 0 Å². The van der Waals surface area contributed by atoms with Crippen LogP contribution < -0.4 is 0 Å². The van der Waals surface area contributed by atoms with E-state index in [0.717, 1.165) is 35.4 Å². The van der Waals surface area contributed by atoms with E-state index in [0.29, 0.717) is 25.1 Å². The molecule has 2 aliphatic rings. The number of carbonyl (C=O) groups is 1. The largest absolute Gasteiger partial charge is 0.338 e. The van der Waals surface area contributed by atoms with Crippen molar-refractivity contribution in [1.82, 2.24) is 9.21 Å². The SMILES string of the molecule is CCN(Sc1cc(F)c2c(c1)CCN(C(=O)C1CC1)C2)[C@@H](C)c1ccc(F)cc1. The minimum Gasteiger partial charge on any atom is -0.338 e. The molecule has 6 heteroatoms. The lowest BCUT2D eigenvalue weighted by atomic mass is 9.99. The first-order valence-electron chi connectivity index (χ1n) is 10.3. The van der Waals surface area contributed by atoms with E-state index in [1.165, 1.54) is 24.1 Å². The van der Waals surface area contributed by atoms with Gasteiger partial charge in [0.15, 0.2) is 0 Å². The molecule has 2 aromatic carbocycles. The number of amides is 1. The molecule has 1 aliphatic heterocycles. The maximum Gasteiger partial charge on any atom is 0.225 e. The highest BCUT2D eigenvalue weighted by Crippen LogP contribution is 2.36. The fourth-order valence-corrected chi connectivity index (χ4v) is 4.91. The first-order valence-corrected chi connectivity index (χ1v) is 11.0. The molecule has 2 aromatic rings. The second-order valence-corrected chi connectivity index (χ2v) is 9.00. The first kappa shape index (κ1) is 20.4. The zero-order valence-electron chi connectivity index (χ0n) is 16.8. The molecular formula is C23H26F2N2OS. The molecule has 0 aromatic heterocycles. The molecule has 0 N–H and O–H groups in total. The van der Waals surface area contributed by atoms with Crippen molar-refractivity contribution in [1.29, 1.82) is 0 Å². The highest BCUT2D eigenvalue weighted by Gasteiger charge is 2.35. The summed E-state index contributed by atoms with van der Waals surface area (Å²) in [6, 6.07) is 10.2. The second kappa shape index (κ2) is 8.44. The fraction of sp³-hybridized carbons (Fsp3) is 0.435. The van der Waals surface area contributed by atoms with Gasteiger partial charge >= 0.3 is 0 Å². The molecule has 0 radical (unpaired) electrons. The molecule has 0 spiro atoms. The standard InChI is InChI=1S/C23H26F2N2OS/c1-3-27(15(2)16-6-8-19(24)9-7-16)29-20-12-18-10-11-26(23(28)17-4-5-17)14-21(18)22(25)13-20/h6-9,12-13,15,17H,3-5,10-11,14H2,1-2H3/t15-/m0/s1. The van der Waals surface area contributed by atoms with Crippen molar-refractivity contribution >= 4 is 17.9 Å². The molecule has 0 bridgehead atoms. The van der Waals surface area contributed by atoms with Crippen LogP contribution in [0, 0.1) is 17.6 Å². The Labute approximate surface area is 175 Å². The Hall–Kier alpha value is -1.92. The van der Waals surface area contributed by atoms with Crippen molar-refractivity contribution in [3.05, 3.63) is 64.7 Å². The van der Waals surface area contributed by atoms with Crippen molar-refractivity contribution in [2.45, 2.75) is 50.6 Å². The minimum atomic E-state index is -0.248. The van der Waals surface area contributed by atoms with Crippen molar-refractivity contribution in [3.63, 3.8) is 0 Å². The van der Waals surface area contributed by atoms with Crippen LogP contribution in [0.15, 0.2) is 41.3 Å². The van der Waals surface area contributed by atoms with E-state index < -0.39 is 0 Å². The zero-order valence-corrected chi connectivity index (χ0v) is 17.6. The molecule has 1 aliphatic carbocycles. The summed E-state index contributed by atoms with van der Waals surface area (Å²) >= 11 is 1.52. The molecule has 154 valence electrons. The number of rotatable bonds is 6. The molecular weight excluding hydrogens is 390 g/mol. The summed E-state index contributed by atoms with van der Waals surface area (Å²) in [5.74, 6) is -0.134. The van der Waals surface area contributed by atoms with Crippen LogP contribution in [-0.4, -0.2) is 28.2 Å². The van der Waals surface area contributed by atoms with Gasteiger partial charge < -0.3 is 4.90 Å². The number of benzene rings is 2. The van der Waals surface area contributed by atoms with E-state index in [-0.39, 0.29) is 29.5 Å². The summed E-state index contributed by atoms with van der Waals surface area (Å²) in [5.41, 5.74) is 2.68. The predicted molar refractivity (Wildman–Crippen MR) is 111 cm³/mol. The van der Waals surface area contributed by atoms with Crippen LogP contribution in [0.25, 0.3) is 0 Å². The van der Waals surface area contributed by atoms with Crippen molar-refractivity contribution in [2.75, 3.05) is 13.1 Å². The first-order chi connectivity index (χ1) is 14.0. The fourth-order valence-electron chi connectivity index (χ4n) is 3.88. The van der Waals surface area contributed by atoms with Crippen molar-refractivity contribution < 1.29 is 13.6 Å². The van der Waals surface area contributed by atoms with Gasteiger partial charge in [-0.3, -0.25) is 4.79 Å². The molecule has 1 saturated carbocycles. The number of hydrogen-bond donors (Lipinski definition) is 0. The van der Waals surface area contributed by atoms with Gasteiger partial charge in [0.05, 0.1) is 0 Å². The highest BCUT2D eigenvalue weighted by atomic mass is 32.2. The zero-order chi connectivity index (χ0) is 20.5. The smallest absolute Gasteiger partial charge is 0.225 e. The topological polar surface area (TPSA) is 23.6 Å². The third kappa shape index (κ3) is 4.48. The lowest BCUT2D eigenvalue weighted by Crippen LogP contribution is -2.37. The monoisotopic (exact) mass is 416 g/mol. The Balaban J connectivity index is 1.49. The summed E-state index contributed by atoms with van der Waals surface area (Å²) in [6.45, 7) is 5.94. The summed E-state index contributed by atoms with van der Waals surface area (Å²) < 4.78 is 30.3. The Bertz CT molecular complexity index is 898. The van der Waals surface area contributed by atoms with Gasteiger partial charge in [-0.1, -0.05) is 19.1 Å². The van der Waals surface area contributed by atoms with E-state index in [1.807, 2.05) is 4.90 Å². The number of nitrogens with zero attached hydrogens (tertiary/aromatic N) is 2. The summed E-state index contributed by atoms with van der Waals surface area (Å²) in [6.07, 6.45) is 2.64. The number of carbonyl (C=O) groups excluding carboxylic acids is 1.